The second kappa shape index (κ2) is 9.56. The number of hydrogen-bond donors (Lipinski definition) is 1. The van der Waals surface area contributed by atoms with Gasteiger partial charge in [0, 0.05) is 25.1 Å². The number of nitrogens with zero attached hydrogens (tertiary/aromatic N) is 2. The molecular weight excluding hydrogens is 466 g/mol. The van der Waals surface area contributed by atoms with E-state index in [1.807, 2.05) is 0 Å². The number of halogens is 4. The van der Waals surface area contributed by atoms with Crippen LogP contribution in [0.2, 0.25) is 0 Å². The van der Waals surface area contributed by atoms with Gasteiger partial charge < -0.3 is 15.0 Å². The number of carbonyl (C=O) groups is 3. The van der Waals surface area contributed by atoms with E-state index in [9.17, 15) is 31.9 Å². The fourth-order valence-electron chi connectivity index (χ4n) is 3.10. The molecule has 0 spiro atoms. The molecule has 0 aliphatic carbocycles. The molecule has 1 saturated heterocycles. The van der Waals surface area contributed by atoms with Crippen molar-refractivity contribution in [3.63, 3.8) is 0 Å². The van der Waals surface area contributed by atoms with Gasteiger partial charge in [-0.15, -0.1) is 0 Å². The van der Waals surface area contributed by atoms with Crippen LogP contribution in [0.5, 0.6) is 0 Å². The summed E-state index contributed by atoms with van der Waals surface area (Å²) >= 11 is 0.367. The van der Waals surface area contributed by atoms with Gasteiger partial charge in [-0.25, -0.2) is 9.37 Å². The van der Waals surface area contributed by atoms with Crippen molar-refractivity contribution in [3.05, 3.63) is 46.2 Å². The summed E-state index contributed by atoms with van der Waals surface area (Å²) in [6.45, 7) is 4.55. The molecule has 0 unspecified atom stereocenters. The summed E-state index contributed by atoms with van der Waals surface area (Å²) in [6, 6.07) is 4.04. The zero-order valence-corrected chi connectivity index (χ0v) is 18.6. The van der Waals surface area contributed by atoms with E-state index in [1.165, 1.54) is 13.8 Å². The van der Waals surface area contributed by atoms with Crippen LogP contribution < -0.4 is 5.32 Å². The van der Waals surface area contributed by atoms with Gasteiger partial charge in [0.15, 0.2) is 10.8 Å². The van der Waals surface area contributed by atoms with E-state index >= 15 is 0 Å². The first-order valence-electron chi connectivity index (χ1n) is 9.94. The minimum atomic E-state index is -4.95. The van der Waals surface area contributed by atoms with Crippen LogP contribution in [0.4, 0.5) is 22.7 Å². The fourth-order valence-corrected chi connectivity index (χ4v) is 4.04. The molecule has 3 rings (SSSR count). The zero-order valence-electron chi connectivity index (χ0n) is 17.8. The second-order valence-corrected chi connectivity index (χ2v) is 9.04. The Morgan fingerprint density at radius 2 is 1.73 bits per heavy atom. The molecule has 1 aromatic carbocycles. The minimum absolute atomic E-state index is 0.153. The Labute approximate surface area is 190 Å². The van der Waals surface area contributed by atoms with E-state index in [0.717, 1.165) is 24.3 Å². The fraction of sp³-hybridized carbons (Fsp3) is 0.429. The molecular formula is C21H21F4N3O4S. The third kappa shape index (κ3) is 5.93. The maximum absolute atomic E-state index is 13.5. The lowest BCUT2D eigenvalue weighted by Crippen LogP contribution is -2.44. The number of rotatable bonds is 6. The summed E-state index contributed by atoms with van der Waals surface area (Å²) in [6.07, 6.45) is -5.12. The van der Waals surface area contributed by atoms with E-state index in [1.54, 1.807) is 4.90 Å². The lowest BCUT2D eigenvalue weighted by Gasteiger charge is -2.30. The molecule has 1 fully saturated rings. The molecule has 0 atom stereocenters. The summed E-state index contributed by atoms with van der Waals surface area (Å²) in [5.74, 6) is -2.64. The van der Waals surface area contributed by atoms with Crippen molar-refractivity contribution in [1.29, 1.82) is 0 Å². The Morgan fingerprint density at radius 1 is 1.12 bits per heavy atom. The van der Waals surface area contributed by atoms with Crippen molar-refractivity contribution in [2.24, 2.45) is 5.41 Å². The maximum atomic E-state index is 13.5. The standard InChI is InChI=1S/C21H21F4N3O4S/c1-20(2,11-14(29)28-7-9-32-10-8-28)18(31)27-19-26-17(21(23,24)25)16(33-19)15(30)12-3-5-13(22)6-4-12/h3-6H,7-11H2,1-2H3,(H,26,27,31). The molecule has 0 radical (unpaired) electrons. The highest BCUT2D eigenvalue weighted by molar-refractivity contribution is 7.18. The van der Waals surface area contributed by atoms with Gasteiger partial charge in [0.25, 0.3) is 0 Å². The Hall–Kier alpha value is -2.86. The monoisotopic (exact) mass is 487 g/mol. The first kappa shape index (κ1) is 24.8. The minimum Gasteiger partial charge on any atom is -0.378 e. The van der Waals surface area contributed by atoms with Crippen LogP contribution in [0, 0.1) is 11.2 Å². The van der Waals surface area contributed by atoms with Crippen LogP contribution in [0.3, 0.4) is 0 Å². The quantitative estimate of drug-likeness (QED) is 0.495. The van der Waals surface area contributed by atoms with Gasteiger partial charge in [0.2, 0.25) is 17.6 Å². The average Bonchev–Trinajstić information content (AvgIpc) is 3.18. The number of morpholine rings is 1. The number of thiazole rings is 1. The average molecular weight is 487 g/mol. The molecule has 7 nitrogen and oxygen atoms in total. The molecule has 12 heteroatoms. The Morgan fingerprint density at radius 3 is 2.30 bits per heavy atom. The molecule has 1 aliphatic heterocycles. The van der Waals surface area contributed by atoms with Gasteiger partial charge in [-0.1, -0.05) is 25.2 Å². The number of ether oxygens (including phenoxy) is 1. The van der Waals surface area contributed by atoms with Gasteiger partial charge in [-0.2, -0.15) is 13.2 Å². The van der Waals surface area contributed by atoms with Crippen molar-refractivity contribution in [1.82, 2.24) is 9.88 Å². The highest BCUT2D eigenvalue weighted by Gasteiger charge is 2.41. The Kier molecular flexibility index (Phi) is 7.17. The molecule has 1 N–H and O–H groups in total. The zero-order chi connectivity index (χ0) is 24.4. The van der Waals surface area contributed by atoms with Crippen LogP contribution in [-0.2, 0) is 20.5 Å². The first-order valence-corrected chi connectivity index (χ1v) is 10.8. The van der Waals surface area contributed by atoms with E-state index in [2.05, 4.69) is 10.3 Å². The SMILES string of the molecule is CC(C)(CC(=O)N1CCOCC1)C(=O)Nc1nc(C(F)(F)F)c(C(=O)c2ccc(F)cc2)s1. The number of amides is 2. The maximum Gasteiger partial charge on any atom is 0.435 e. The normalized spacial score (nSPS) is 14.8. The number of carbonyl (C=O) groups excluding carboxylic acids is 3. The number of alkyl halides is 3. The number of aromatic nitrogens is 1. The molecule has 0 bridgehead atoms. The predicted octanol–water partition coefficient (Wildman–Crippen LogP) is 3.75. The molecule has 0 saturated carbocycles. The Balaban J connectivity index is 1.79. The molecule has 33 heavy (non-hydrogen) atoms. The van der Waals surface area contributed by atoms with Crippen molar-refractivity contribution in [2.75, 3.05) is 31.6 Å². The topological polar surface area (TPSA) is 88.6 Å². The van der Waals surface area contributed by atoms with Crippen molar-refractivity contribution >= 4 is 34.1 Å². The summed E-state index contributed by atoms with van der Waals surface area (Å²) in [5.41, 5.74) is -2.85. The third-order valence-corrected chi connectivity index (χ3v) is 5.97. The Bertz CT molecular complexity index is 1040. The van der Waals surface area contributed by atoms with Crippen LogP contribution in [-0.4, -0.2) is 53.8 Å². The third-order valence-electron chi connectivity index (χ3n) is 5.00. The number of ketones is 1. The molecule has 1 aromatic heterocycles. The number of benzene rings is 1. The number of hydrogen-bond acceptors (Lipinski definition) is 6. The van der Waals surface area contributed by atoms with Crippen LogP contribution in [0.25, 0.3) is 0 Å². The molecule has 2 aromatic rings. The van der Waals surface area contributed by atoms with E-state index in [0.29, 0.717) is 37.6 Å². The molecule has 2 heterocycles. The van der Waals surface area contributed by atoms with Crippen LogP contribution >= 0.6 is 11.3 Å². The van der Waals surface area contributed by atoms with Crippen LogP contribution in [0.1, 0.15) is 41.2 Å². The number of nitrogens with one attached hydrogen (secondary N) is 1. The van der Waals surface area contributed by atoms with E-state index in [4.69, 9.17) is 4.74 Å². The van der Waals surface area contributed by atoms with E-state index in [-0.39, 0.29) is 17.9 Å². The van der Waals surface area contributed by atoms with Gasteiger partial charge >= 0.3 is 6.18 Å². The van der Waals surface area contributed by atoms with Crippen molar-refractivity contribution < 1.29 is 36.7 Å². The van der Waals surface area contributed by atoms with E-state index < -0.39 is 44.8 Å². The predicted molar refractivity (Wildman–Crippen MR) is 111 cm³/mol. The van der Waals surface area contributed by atoms with Crippen LogP contribution in [0.15, 0.2) is 24.3 Å². The molecule has 1 aliphatic rings. The van der Waals surface area contributed by atoms with Gasteiger partial charge in [0.05, 0.1) is 18.6 Å². The lowest BCUT2D eigenvalue weighted by molar-refractivity contribution is -0.141. The van der Waals surface area contributed by atoms with Gasteiger partial charge in [-0.3, -0.25) is 14.4 Å². The highest BCUT2D eigenvalue weighted by Crippen LogP contribution is 2.38. The molecule has 2 amide bonds. The summed E-state index contributed by atoms with van der Waals surface area (Å²) < 4.78 is 58.8. The summed E-state index contributed by atoms with van der Waals surface area (Å²) in [7, 11) is 0. The van der Waals surface area contributed by atoms with Gasteiger partial charge in [0.1, 0.15) is 10.7 Å². The summed E-state index contributed by atoms with van der Waals surface area (Å²) in [4.78, 5) is 42.1. The van der Waals surface area contributed by atoms with Crippen molar-refractivity contribution in [2.45, 2.75) is 26.4 Å². The van der Waals surface area contributed by atoms with Crippen molar-refractivity contribution in [3.8, 4) is 0 Å². The lowest BCUT2D eigenvalue weighted by atomic mass is 9.87. The largest absolute Gasteiger partial charge is 0.435 e. The second-order valence-electron chi connectivity index (χ2n) is 8.04. The highest BCUT2D eigenvalue weighted by atomic mass is 32.1. The summed E-state index contributed by atoms with van der Waals surface area (Å²) in [5, 5.41) is 1.87. The number of anilines is 1. The molecule has 178 valence electrons. The first-order chi connectivity index (χ1) is 15.4. The van der Waals surface area contributed by atoms with Gasteiger partial charge in [-0.05, 0) is 24.3 Å². The smallest absolute Gasteiger partial charge is 0.378 e.